The summed E-state index contributed by atoms with van der Waals surface area (Å²) in [6.45, 7) is 1.93. The van der Waals surface area contributed by atoms with E-state index < -0.39 is 21.3 Å². The second kappa shape index (κ2) is 9.24. The summed E-state index contributed by atoms with van der Waals surface area (Å²) in [5.74, 6) is 0. The van der Waals surface area contributed by atoms with E-state index in [1.165, 1.54) is 0 Å². The number of hydrogen-bond acceptors (Lipinski definition) is 4. The van der Waals surface area contributed by atoms with Gasteiger partial charge in [-0.15, -0.1) is 0 Å². The minimum atomic E-state index is -3.93. The summed E-state index contributed by atoms with van der Waals surface area (Å²) < 4.78 is 32.3. The Labute approximate surface area is 187 Å². The highest BCUT2D eigenvalue weighted by atomic mass is 32.2. The summed E-state index contributed by atoms with van der Waals surface area (Å²) in [5.41, 5.74) is 2.22. The van der Waals surface area contributed by atoms with Gasteiger partial charge in [0, 0.05) is 0 Å². The predicted octanol–water partition coefficient (Wildman–Crippen LogP) is 5.55. The molecule has 0 radical (unpaired) electrons. The van der Waals surface area contributed by atoms with Crippen molar-refractivity contribution in [1.82, 2.24) is 5.32 Å². The minimum Gasteiger partial charge on any atom is -0.445 e. The van der Waals surface area contributed by atoms with E-state index in [9.17, 15) is 13.2 Å². The molecule has 0 bridgehead atoms. The summed E-state index contributed by atoms with van der Waals surface area (Å²) in [5, 5.41) is 3.14. The number of fused-ring (bicyclic) bond motifs is 1. The second-order valence-electron chi connectivity index (χ2n) is 7.55. The maximum atomic E-state index is 13.5. The fourth-order valence-corrected chi connectivity index (χ4v) is 4.99. The van der Waals surface area contributed by atoms with Crippen molar-refractivity contribution < 1.29 is 17.9 Å². The van der Waals surface area contributed by atoms with Gasteiger partial charge < -0.3 is 10.1 Å². The number of aryl methyl sites for hydroxylation is 1. The summed E-state index contributed by atoms with van der Waals surface area (Å²) >= 11 is 0. The molecule has 0 spiro atoms. The molecule has 0 aliphatic heterocycles. The van der Waals surface area contributed by atoms with Gasteiger partial charge >= 0.3 is 6.09 Å². The Morgan fingerprint density at radius 3 is 2.22 bits per heavy atom. The molecule has 32 heavy (non-hydrogen) atoms. The maximum absolute atomic E-state index is 13.5. The van der Waals surface area contributed by atoms with Crippen LogP contribution in [-0.2, 0) is 21.2 Å². The van der Waals surface area contributed by atoms with Crippen molar-refractivity contribution in [2.24, 2.45) is 0 Å². The molecule has 0 saturated carbocycles. The lowest BCUT2D eigenvalue weighted by atomic mass is 10.1. The van der Waals surface area contributed by atoms with E-state index in [1.807, 2.05) is 67.6 Å². The molecule has 5 nitrogen and oxygen atoms in total. The average Bonchev–Trinajstić information content (AvgIpc) is 2.82. The largest absolute Gasteiger partial charge is 0.445 e. The van der Waals surface area contributed by atoms with Crippen molar-refractivity contribution in [1.29, 1.82) is 0 Å². The van der Waals surface area contributed by atoms with Crippen molar-refractivity contribution in [3.8, 4) is 0 Å². The molecule has 0 fully saturated rings. The number of ether oxygens (including phenoxy) is 1. The topological polar surface area (TPSA) is 72.5 Å². The molecule has 1 N–H and O–H groups in total. The molecule has 6 heteroatoms. The number of alkyl carbamates (subject to hydrolysis) is 1. The number of carbonyl (C=O) groups excluding carboxylic acids is 1. The normalized spacial score (nSPS) is 12.3. The van der Waals surface area contributed by atoms with Gasteiger partial charge in [-0.05, 0) is 47.0 Å². The summed E-state index contributed by atoms with van der Waals surface area (Å²) in [4.78, 5) is 12.7. The molecule has 4 aromatic rings. The number of amides is 1. The minimum absolute atomic E-state index is 0.0433. The number of carbonyl (C=O) groups is 1. The molecule has 0 aliphatic carbocycles. The van der Waals surface area contributed by atoms with Crippen LogP contribution in [0.1, 0.15) is 22.1 Å². The number of sulfone groups is 1. The van der Waals surface area contributed by atoms with E-state index in [0.29, 0.717) is 5.56 Å². The first kappa shape index (κ1) is 21.6. The lowest BCUT2D eigenvalue weighted by Gasteiger charge is -2.20. The molecule has 0 aromatic heterocycles. The third-order valence-corrected chi connectivity index (χ3v) is 7.14. The van der Waals surface area contributed by atoms with Crippen molar-refractivity contribution in [2.45, 2.75) is 23.8 Å². The highest BCUT2D eigenvalue weighted by Crippen LogP contribution is 2.29. The number of benzene rings is 4. The molecule has 0 saturated heterocycles. The predicted molar refractivity (Wildman–Crippen MR) is 125 cm³/mol. The summed E-state index contributed by atoms with van der Waals surface area (Å²) in [7, 11) is -3.93. The van der Waals surface area contributed by atoms with Crippen molar-refractivity contribution in [3.05, 3.63) is 114 Å². The third kappa shape index (κ3) is 4.81. The SMILES string of the molecule is Cc1ccc(S(=O)(=O)C(NC(=O)OCc2ccccc2)c2ccc3ccccc3c2)cc1. The molecule has 1 amide bonds. The van der Waals surface area contributed by atoms with Crippen LogP contribution in [0.4, 0.5) is 4.79 Å². The average molecular weight is 446 g/mol. The fourth-order valence-electron chi connectivity index (χ4n) is 3.45. The van der Waals surface area contributed by atoms with Crippen LogP contribution in [0.5, 0.6) is 0 Å². The van der Waals surface area contributed by atoms with Crippen LogP contribution in [0.25, 0.3) is 10.8 Å². The van der Waals surface area contributed by atoms with Gasteiger partial charge in [0.05, 0.1) is 4.90 Å². The van der Waals surface area contributed by atoms with E-state index in [2.05, 4.69) is 5.32 Å². The number of rotatable bonds is 6. The molecule has 0 aliphatic rings. The fraction of sp³-hybridized carbons (Fsp3) is 0.115. The molecule has 4 aromatic carbocycles. The zero-order chi connectivity index (χ0) is 22.6. The van der Waals surface area contributed by atoms with Crippen LogP contribution in [0, 0.1) is 6.92 Å². The van der Waals surface area contributed by atoms with Gasteiger partial charge in [-0.3, -0.25) is 0 Å². The zero-order valence-electron chi connectivity index (χ0n) is 17.6. The lowest BCUT2D eigenvalue weighted by molar-refractivity contribution is 0.138. The monoisotopic (exact) mass is 445 g/mol. The van der Waals surface area contributed by atoms with Crippen LogP contribution >= 0.6 is 0 Å². The number of nitrogens with one attached hydrogen (secondary N) is 1. The van der Waals surface area contributed by atoms with Crippen LogP contribution in [0.15, 0.2) is 102 Å². The molecule has 1 unspecified atom stereocenters. The van der Waals surface area contributed by atoms with Gasteiger partial charge in [0.25, 0.3) is 0 Å². The van der Waals surface area contributed by atoms with Gasteiger partial charge in [-0.1, -0.05) is 84.4 Å². The molecular formula is C26H23NO4S. The van der Waals surface area contributed by atoms with Crippen LogP contribution in [0.2, 0.25) is 0 Å². The van der Waals surface area contributed by atoms with Crippen LogP contribution in [0.3, 0.4) is 0 Å². The lowest BCUT2D eigenvalue weighted by Crippen LogP contribution is -2.34. The Bertz CT molecular complexity index is 1330. The standard InChI is InChI=1S/C26H23NO4S/c1-19-11-15-24(16-12-19)32(29,30)25(23-14-13-21-9-5-6-10-22(21)17-23)27-26(28)31-18-20-7-3-2-4-8-20/h2-17,25H,18H2,1H3,(H,27,28). The Kier molecular flexibility index (Phi) is 6.23. The molecular weight excluding hydrogens is 422 g/mol. The van der Waals surface area contributed by atoms with Gasteiger partial charge in [0.2, 0.25) is 9.84 Å². The molecule has 1 atom stereocenters. The van der Waals surface area contributed by atoms with Gasteiger partial charge in [-0.25, -0.2) is 13.2 Å². The van der Waals surface area contributed by atoms with Gasteiger partial charge in [0.1, 0.15) is 6.61 Å². The van der Waals surface area contributed by atoms with Gasteiger partial charge in [0.15, 0.2) is 5.37 Å². The Balaban J connectivity index is 1.66. The Morgan fingerprint density at radius 1 is 0.844 bits per heavy atom. The van der Waals surface area contributed by atoms with Gasteiger partial charge in [-0.2, -0.15) is 0 Å². The molecule has 0 heterocycles. The third-order valence-electron chi connectivity index (χ3n) is 5.20. The van der Waals surface area contributed by atoms with E-state index >= 15 is 0 Å². The van der Waals surface area contributed by atoms with Crippen LogP contribution in [-0.4, -0.2) is 14.5 Å². The quantitative estimate of drug-likeness (QED) is 0.422. The maximum Gasteiger partial charge on any atom is 0.408 e. The van der Waals surface area contributed by atoms with E-state index in [4.69, 9.17) is 4.74 Å². The van der Waals surface area contributed by atoms with E-state index in [1.54, 1.807) is 36.4 Å². The Morgan fingerprint density at radius 2 is 1.50 bits per heavy atom. The molecule has 4 rings (SSSR count). The molecule has 162 valence electrons. The van der Waals surface area contributed by atoms with Crippen molar-refractivity contribution in [2.75, 3.05) is 0 Å². The summed E-state index contributed by atoms with van der Waals surface area (Å²) in [6, 6.07) is 28.8. The first-order valence-corrected chi connectivity index (χ1v) is 11.7. The highest BCUT2D eigenvalue weighted by molar-refractivity contribution is 7.91. The van der Waals surface area contributed by atoms with E-state index in [-0.39, 0.29) is 11.5 Å². The first-order chi connectivity index (χ1) is 15.4. The second-order valence-corrected chi connectivity index (χ2v) is 9.58. The van der Waals surface area contributed by atoms with Crippen molar-refractivity contribution in [3.63, 3.8) is 0 Å². The van der Waals surface area contributed by atoms with Crippen molar-refractivity contribution >= 4 is 26.7 Å². The summed E-state index contributed by atoms with van der Waals surface area (Å²) in [6.07, 6.45) is -0.803. The smallest absolute Gasteiger partial charge is 0.408 e. The number of hydrogen-bond donors (Lipinski definition) is 1. The zero-order valence-corrected chi connectivity index (χ0v) is 18.4. The Hall–Kier alpha value is -3.64. The van der Waals surface area contributed by atoms with Crippen LogP contribution < -0.4 is 5.32 Å². The first-order valence-electron chi connectivity index (χ1n) is 10.2. The highest BCUT2D eigenvalue weighted by Gasteiger charge is 2.31. The van der Waals surface area contributed by atoms with E-state index in [0.717, 1.165) is 21.9 Å².